The summed E-state index contributed by atoms with van der Waals surface area (Å²) in [4.78, 5) is 11.2. The molecular weight excluding hydrogens is 316 g/mol. The van der Waals surface area contributed by atoms with Gasteiger partial charge in [-0.3, -0.25) is 4.98 Å². The van der Waals surface area contributed by atoms with Crippen LogP contribution in [0.4, 0.5) is 5.95 Å². The first-order chi connectivity index (χ1) is 12.3. The molecule has 6 nitrogen and oxygen atoms in total. The number of rotatable bonds is 5. The quantitative estimate of drug-likeness (QED) is 0.737. The molecule has 3 heterocycles. The Labute approximate surface area is 146 Å². The van der Waals surface area contributed by atoms with Gasteiger partial charge in [0.1, 0.15) is 0 Å². The molecule has 0 unspecified atom stereocenters. The second-order valence-corrected chi connectivity index (χ2v) is 6.53. The number of fused-ring (bicyclic) bond motifs is 1. The van der Waals surface area contributed by atoms with Crippen molar-refractivity contribution in [2.75, 3.05) is 24.6 Å². The summed E-state index contributed by atoms with van der Waals surface area (Å²) in [6.45, 7) is 1.83. The first kappa shape index (κ1) is 16.1. The molecule has 1 aromatic carbocycles. The van der Waals surface area contributed by atoms with Crippen molar-refractivity contribution in [2.45, 2.75) is 19.1 Å². The van der Waals surface area contributed by atoms with Crippen LogP contribution in [0.1, 0.15) is 5.69 Å². The predicted molar refractivity (Wildman–Crippen MR) is 96.5 cm³/mol. The summed E-state index contributed by atoms with van der Waals surface area (Å²) in [5.74, 6) is 0.940. The van der Waals surface area contributed by atoms with Crippen LogP contribution in [0.2, 0.25) is 0 Å². The van der Waals surface area contributed by atoms with Crippen LogP contribution < -0.4 is 4.90 Å². The number of anilines is 1. The first-order valence-corrected chi connectivity index (χ1v) is 8.65. The fraction of sp³-hybridized carbons (Fsp3) is 0.368. The van der Waals surface area contributed by atoms with Crippen LogP contribution in [0, 0.1) is 5.92 Å². The van der Waals surface area contributed by atoms with Gasteiger partial charge in [-0.25, -0.2) is 4.98 Å². The van der Waals surface area contributed by atoms with Crippen molar-refractivity contribution in [2.24, 2.45) is 5.92 Å². The monoisotopic (exact) mass is 338 g/mol. The van der Waals surface area contributed by atoms with Gasteiger partial charge in [0.2, 0.25) is 5.95 Å². The molecule has 3 aromatic rings. The van der Waals surface area contributed by atoms with Crippen molar-refractivity contribution in [3.05, 3.63) is 54.4 Å². The molecule has 4 rings (SSSR count). The number of imidazole rings is 1. The van der Waals surface area contributed by atoms with E-state index in [1.165, 1.54) is 0 Å². The number of β-amino-alcohol motifs (C(OH)–C–C–N with tert-alkyl or cyclic N) is 1. The molecule has 0 amide bonds. The van der Waals surface area contributed by atoms with Crippen LogP contribution in [-0.4, -0.2) is 50.5 Å². The van der Waals surface area contributed by atoms with E-state index in [1.807, 2.05) is 47.0 Å². The predicted octanol–water partition coefficient (Wildman–Crippen LogP) is 1.46. The summed E-state index contributed by atoms with van der Waals surface area (Å²) in [6, 6.07) is 13.8. The van der Waals surface area contributed by atoms with Crippen LogP contribution in [0.5, 0.6) is 0 Å². The van der Waals surface area contributed by atoms with Gasteiger partial charge in [-0.05, 0) is 30.7 Å². The van der Waals surface area contributed by atoms with E-state index in [4.69, 9.17) is 4.98 Å². The number of hydrogen-bond donors (Lipinski definition) is 2. The number of pyridine rings is 1. The Balaban J connectivity index is 1.60. The van der Waals surface area contributed by atoms with E-state index in [2.05, 4.69) is 9.88 Å². The molecule has 1 saturated heterocycles. The highest BCUT2D eigenvalue weighted by molar-refractivity contribution is 5.78. The number of para-hydroxylation sites is 2. The molecular formula is C19H22N4O2. The third-order valence-electron chi connectivity index (χ3n) is 4.84. The van der Waals surface area contributed by atoms with Gasteiger partial charge in [-0.1, -0.05) is 18.2 Å². The maximum atomic E-state index is 10.5. The summed E-state index contributed by atoms with van der Waals surface area (Å²) < 4.78 is 2.03. The molecule has 2 N–H and O–H groups in total. The molecule has 0 saturated carbocycles. The van der Waals surface area contributed by atoms with Crippen LogP contribution in [0.25, 0.3) is 11.0 Å². The molecule has 1 fully saturated rings. The molecule has 0 bridgehead atoms. The Morgan fingerprint density at radius 1 is 1.08 bits per heavy atom. The fourth-order valence-electron chi connectivity index (χ4n) is 3.63. The minimum absolute atomic E-state index is 0.0567. The van der Waals surface area contributed by atoms with E-state index in [0.717, 1.165) is 35.6 Å². The van der Waals surface area contributed by atoms with Gasteiger partial charge < -0.3 is 19.7 Å². The number of aliphatic hydroxyl groups excluding tert-OH is 2. The molecule has 1 aliphatic rings. The van der Waals surface area contributed by atoms with Crippen LogP contribution >= 0.6 is 0 Å². The fourth-order valence-corrected chi connectivity index (χ4v) is 3.63. The smallest absolute Gasteiger partial charge is 0.206 e. The van der Waals surface area contributed by atoms with Crippen LogP contribution in [0.15, 0.2) is 48.7 Å². The Kier molecular flexibility index (Phi) is 4.38. The lowest BCUT2D eigenvalue weighted by Crippen LogP contribution is -2.25. The summed E-state index contributed by atoms with van der Waals surface area (Å²) in [5, 5.41) is 20.0. The standard InChI is InChI=1S/C19H22N4O2/c24-10-9-23-17-7-2-1-6-16(17)21-19(23)22-12-14(18(25)13-22)11-15-5-3-4-8-20-15/h1-8,14,18,24-25H,9-13H2/t14-,18-/m1/s1. The number of hydrogen-bond acceptors (Lipinski definition) is 5. The molecule has 0 spiro atoms. The number of aliphatic hydroxyl groups is 2. The van der Waals surface area contributed by atoms with Crippen molar-refractivity contribution >= 4 is 17.0 Å². The van der Waals surface area contributed by atoms with Crippen molar-refractivity contribution in [3.8, 4) is 0 Å². The molecule has 2 aromatic heterocycles. The van der Waals surface area contributed by atoms with Gasteiger partial charge in [-0.2, -0.15) is 0 Å². The van der Waals surface area contributed by atoms with Crippen LogP contribution in [0.3, 0.4) is 0 Å². The highest BCUT2D eigenvalue weighted by atomic mass is 16.3. The topological polar surface area (TPSA) is 74.4 Å². The summed E-state index contributed by atoms with van der Waals surface area (Å²) in [5.41, 5.74) is 2.92. The molecule has 2 atom stereocenters. The van der Waals surface area contributed by atoms with Crippen molar-refractivity contribution in [1.29, 1.82) is 0 Å². The number of benzene rings is 1. The van der Waals surface area contributed by atoms with Crippen LogP contribution in [-0.2, 0) is 13.0 Å². The maximum absolute atomic E-state index is 10.5. The van der Waals surface area contributed by atoms with Gasteiger partial charge in [0, 0.05) is 37.4 Å². The van der Waals surface area contributed by atoms with E-state index in [-0.39, 0.29) is 12.5 Å². The van der Waals surface area contributed by atoms with E-state index in [0.29, 0.717) is 13.1 Å². The Morgan fingerprint density at radius 2 is 1.92 bits per heavy atom. The highest BCUT2D eigenvalue weighted by Crippen LogP contribution is 2.29. The Hall–Kier alpha value is -2.44. The van der Waals surface area contributed by atoms with E-state index in [9.17, 15) is 10.2 Å². The first-order valence-electron chi connectivity index (χ1n) is 8.65. The third-order valence-corrected chi connectivity index (χ3v) is 4.84. The summed E-state index contributed by atoms with van der Waals surface area (Å²) in [7, 11) is 0. The largest absolute Gasteiger partial charge is 0.395 e. The lowest BCUT2D eigenvalue weighted by molar-refractivity contribution is 0.147. The summed E-state index contributed by atoms with van der Waals surface area (Å²) in [6.07, 6.45) is 2.12. The maximum Gasteiger partial charge on any atom is 0.206 e. The van der Waals surface area contributed by atoms with Crippen molar-refractivity contribution < 1.29 is 10.2 Å². The SMILES string of the molecule is OCCn1c(N2C[C@@H](Cc3ccccn3)[C@H](O)C2)nc2ccccc21. The molecule has 0 radical (unpaired) electrons. The van der Waals surface area contributed by atoms with Gasteiger partial charge in [0.15, 0.2) is 0 Å². The second-order valence-electron chi connectivity index (χ2n) is 6.53. The van der Waals surface area contributed by atoms with E-state index < -0.39 is 6.10 Å². The summed E-state index contributed by atoms with van der Waals surface area (Å²) >= 11 is 0. The molecule has 130 valence electrons. The lowest BCUT2D eigenvalue weighted by Gasteiger charge is -2.19. The second kappa shape index (κ2) is 6.82. The zero-order chi connectivity index (χ0) is 17.2. The number of aromatic nitrogens is 3. The van der Waals surface area contributed by atoms with Crippen molar-refractivity contribution in [3.63, 3.8) is 0 Å². The zero-order valence-corrected chi connectivity index (χ0v) is 14.0. The minimum atomic E-state index is -0.413. The van der Waals surface area contributed by atoms with E-state index >= 15 is 0 Å². The minimum Gasteiger partial charge on any atom is -0.395 e. The molecule has 1 aliphatic heterocycles. The normalized spacial score (nSPS) is 20.5. The van der Waals surface area contributed by atoms with Crippen molar-refractivity contribution in [1.82, 2.24) is 14.5 Å². The Morgan fingerprint density at radius 3 is 2.72 bits per heavy atom. The zero-order valence-electron chi connectivity index (χ0n) is 14.0. The third kappa shape index (κ3) is 3.10. The Bertz CT molecular complexity index is 849. The highest BCUT2D eigenvalue weighted by Gasteiger charge is 2.34. The van der Waals surface area contributed by atoms with E-state index in [1.54, 1.807) is 6.20 Å². The van der Waals surface area contributed by atoms with Gasteiger partial charge in [-0.15, -0.1) is 0 Å². The number of nitrogens with zero attached hydrogens (tertiary/aromatic N) is 4. The lowest BCUT2D eigenvalue weighted by atomic mass is 10.00. The average molecular weight is 338 g/mol. The van der Waals surface area contributed by atoms with Gasteiger partial charge >= 0.3 is 0 Å². The van der Waals surface area contributed by atoms with Gasteiger partial charge in [0.25, 0.3) is 0 Å². The molecule has 6 heteroatoms. The average Bonchev–Trinajstić information content (AvgIpc) is 3.18. The molecule has 0 aliphatic carbocycles. The molecule has 25 heavy (non-hydrogen) atoms. The van der Waals surface area contributed by atoms with Gasteiger partial charge in [0.05, 0.1) is 23.7 Å².